The van der Waals surface area contributed by atoms with Crippen LogP contribution in [0.4, 0.5) is 0 Å². The number of aliphatic hydroxyl groups excluding tert-OH is 7. The summed E-state index contributed by atoms with van der Waals surface area (Å²) < 4.78 is 23.4. The van der Waals surface area contributed by atoms with Crippen LogP contribution in [0.15, 0.2) is 85.1 Å². The number of hydrogen-bond acceptors (Lipinski definition) is 15. The van der Waals surface area contributed by atoms with E-state index in [9.17, 15) is 55.5 Å². The molecule has 0 aromatic rings. The molecule has 2 bridgehead atoms. The summed E-state index contributed by atoms with van der Waals surface area (Å²) in [4.78, 5) is 25.0. The molecular weight excluding hydrogens is 819 g/mol. The average Bonchev–Trinajstić information content (AvgIpc) is 3.21. The Morgan fingerprint density at radius 3 is 1.81 bits per heavy atom. The third-order valence-corrected chi connectivity index (χ3v) is 11.9. The van der Waals surface area contributed by atoms with Crippen molar-refractivity contribution >= 4 is 11.9 Å². The van der Waals surface area contributed by atoms with Gasteiger partial charge in [0.05, 0.1) is 73.3 Å². The largest absolute Gasteiger partial charge is 0.481 e. The van der Waals surface area contributed by atoms with Crippen LogP contribution in [0.3, 0.4) is 0 Å². The number of carbonyl (C=O) groups is 2. The number of carbonyl (C=O) groups excluding carboxylic acids is 1. The Hall–Kier alpha value is -3.36. The Kier molecular flexibility index (Phi) is 23.3. The van der Waals surface area contributed by atoms with Crippen molar-refractivity contribution in [2.45, 2.75) is 177 Å². The van der Waals surface area contributed by atoms with Gasteiger partial charge in [-0.3, -0.25) is 9.59 Å². The second-order valence-corrected chi connectivity index (χ2v) is 17.3. The standard InChI is InChI=1S/C47H73NO15/c1-29-17-15-13-11-9-7-5-6-8-10-12-14-16-18-37(62-46-44(56)41(48)43(55)32(4)61-46)27-39-38(45(57)58)23-24-47(59,63-39)28-35(51)22-20-33(49)19-21-34(50)25-36(52)26-40(53)60-31(3)30(2)42(29)54/h5-18,29-39,41-44,46,49-52,54-56,59H,19-28,48H2,1-4H3,(H,57,58)/b6-5+,9-7+,10-8+,13-11+,14-12+,17-15+,18-16+/t29-,30-,31-,32?,33+,34+,35-,36+,37-,38+,39-,41?,42+,43?,44?,46?,47-/m0/s1. The van der Waals surface area contributed by atoms with Gasteiger partial charge in [-0.25, -0.2) is 0 Å². The van der Waals surface area contributed by atoms with Crippen LogP contribution in [0, 0.1) is 17.8 Å². The normalized spacial score (nSPS) is 44.2. The maximum Gasteiger partial charge on any atom is 0.309 e. The van der Waals surface area contributed by atoms with Crippen LogP contribution < -0.4 is 5.73 Å². The predicted octanol–water partition coefficient (Wildman–Crippen LogP) is 2.77. The van der Waals surface area contributed by atoms with E-state index >= 15 is 0 Å². The van der Waals surface area contributed by atoms with Crippen molar-refractivity contribution in [3.63, 3.8) is 0 Å². The summed E-state index contributed by atoms with van der Waals surface area (Å²) in [6.45, 7) is 6.88. The van der Waals surface area contributed by atoms with Gasteiger partial charge in [0, 0.05) is 31.1 Å². The Morgan fingerprint density at radius 2 is 1.22 bits per heavy atom. The molecule has 0 spiro atoms. The molecule has 2 saturated heterocycles. The van der Waals surface area contributed by atoms with Gasteiger partial charge >= 0.3 is 11.9 Å². The minimum Gasteiger partial charge on any atom is -0.481 e. The van der Waals surface area contributed by atoms with Crippen LogP contribution in [-0.2, 0) is 28.5 Å². The third kappa shape index (κ3) is 18.9. The monoisotopic (exact) mass is 891 g/mol. The number of allylic oxidation sites excluding steroid dienone is 12. The number of cyclic esters (lactones) is 1. The van der Waals surface area contributed by atoms with Crippen molar-refractivity contribution in [3.05, 3.63) is 85.1 Å². The fourth-order valence-corrected chi connectivity index (χ4v) is 7.79. The Bertz CT molecular complexity index is 1600. The van der Waals surface area contributed by atoms with Gasteiger partial charge in [-0.05, 0) is 52.4 Å². The highest BCUT2D eigenvalue weighted by molar-refractivity contribution is 5.71. The predicted molar refractivity (Wildman–Crippen MR) is 234 cm³/mol. The molecule has 0 aromatic heterocycles. The highest BCUT2D eigenvalue weighted by Crippen LogP contribution is 2.38. The summed E-state index contributed by atoms with van der Waals surface area (Å²) in [5, 5.41) is 96.3. The van der Waals surface area contributed by atoms with Gasteiger partial charge in [0.15, 0.2) is 12.1 Å². The van der Waals surface area contributed by atoms with Gasteiger partial charge in [-0.15, -0.1) is 0 Å². The molecule has 3 rings (SSSR count). The second-order valence-electron chi connectivity index (χ2n) is 17.3. The highest BCUT2D eigenvalue weighted by Gasteiger charge is 2.46. The van der Waals surface area contributed by atoms with Gasteiger partial charge in [0.2, 0.25) is 0 Å². The lowest BCUT2D eigenvalue weighted by Crippen LogP contribution is -2.61. The van der Waals surface area contributed by atoms with E-state index in [1.165, 1.54) is 0 Å². The zero-order valence-corrected chi connectivity index (χ0v) is 36.9. The Balaban J connectivity index is 1.80. The molecule has 3 aliphatic heterocycles. The number of ether oxygens (including phenoxy) is 4. The fraction of sp³-hybridized carbons (Fsp3) is 0.660. The molecule has 17 atom stereocenters. The molecule has 0 saturated carbocycles. The number of aliphatic hydroxyl groups is 8. The van der Waals surface area contributed by atoms with E-state index in [4.69, 9.17) is 24.7 Å². The van der Waals surface area contributed by atoms with Crippen molar-refractivity contribution in [1.29, 1.82) is 0 Å². The highest BCUT2D eigenvalue weighted by atomic mass is 16.7. The van der Waals surface area contributed by atoms with Crippen LogP contribution >= 0.6 is 0 Å². The number of rotatable bonds is 3. The van der Waals surface area contributed by atoms with Crippen LogP contribution in [0.1, 0.15) is 91.9 Å². The summed E-state index contributed by atoms with van der Waals surface area (Å²) in [5.41, 5.74) is 6.04. The van der Waals surface area contributed by atoms with E-state index in [1.54, 1.807) is 57.2 Å². The molecule has 0 aromatic carbocycles. The van der Waals surface area contributed by atoms with Gasteiger partial charge in [-0.1, -0.05) is 98.9 Å². The first-order valence-corrected chi connectivity index (χ1v) is 22.1. The van der Waals surface area contributed by atoms with Crippen molar-refractivity contribution in [3.8, 4) is 0 Å². The lowest BCUT2D eigenvalue weighted by atomic mass is 9.85. The summed E-state index contributed by atoms with van der Waals surface area (Å²) in [5.74, 6) is -5.47. The lowest BCUT2D eigenvalue weighted by molar-refractivity contribution is -0.295. The maximum absolute atomic E-state index is 12.6. The number of aliphatic carboxylic acids is 1. The molecule has 5 unspecified atom stereocenters. The first-order valence-electron chi connectivity index (χ1n) is 22.1. The van der Waals surface area contributed by atoms with E-state index in [0.29, 0.717) is 0 Å². The van der Waals surface area contributed by atoms with Crippen molar-refractivity contribution < 1.29 is 74.5 Å². The molecule has 2 fully saturated rings. The van der Waals surface area contributed by atoms with Gasteiger partial charge < -0.3 is 70.6 Å². The van der Waals surface area contributed by atoms with Crippen LogP contribution in [-0.4, -0.2) is 143 Å². The summed E-state index contributed by atoms with van der Waals surface area (Å²) >= 11 is 0. The van der Waals surface area contributed by atoms with E-state index in [2.05, 4.69) is 0 Å². The summed E-state index contributed by atoms with van der Waals surface area (Å²) in [6, 6.07) is -1.08. The number of fused-ring (bicyclic) bond motifs is 2. The fourth-order valence-electron chi connectivity index (χ4n) is 7.79. The number of esters is 1. The molecule has 11 N–H and O–H groups in total. The van der Waals surface area contributed by atoms with Gasteiger partial charge in [-0.2, -0.15) is 0 Å². The molecule has 0 aliphatic carbocycles. The van der Waals surface area contributed by atoms with Crippen molar-refractivity contribution in [2.24, 2.45) is 23.5 Å². The smallest absolute Gasteiger partial charge is 0.309 e. The topological polar surface area (TPSA) is 279 Å². The van der Waals surface area contributed by atoms with Crippen LogP contribution in [0.2, 0.25) is 0 Å². The third-order valence-electron chi connectivity index (χ3n) is 11.9. The Morgan fingerprint density at radius 1 is 0.683 bits per heavy atom. The second kappa shape index (κ2) is 27.2. The minimum atomic E-state index is -1.92. The molecular formula is C47H73NO15. The SMILES string of the molecule is CC1OC(O[C@H]2/C=C/C=C/C=C/C=C/C=C/C=C/C=C/[C@H](C)[C@@H](O)[C@@H](C)[C@H](C)OC(=O)C[C@H](O)C[C@H](O)CC[C@@H](O)CC[C@H](O)C[C@]3(O)CC[C@@H](C(=O)O)[C@H](C2)O3)C(O)C(N)C1O. The quantitative estimate of drug-likeness (QED) is 0.182. The van der Waals surface area contributed by atoms with Crippen LogP contribution in [0.5, 0.6) is 0 Å². The molecule has 0 radical (unpaired) electrons. The van der Waals surface area contributed by atoms with E-state index in [0.717, 1.165) is 0 Å². The number of hydrogen-bond donors (Lipinski definition) is 10. The molecule has 16 nitrogen and oxygen atoms in total. The van der Waals surface area contributed by atoms with Crippen LogP contribution in [0.25, 0.3) is 0 Å². The summed E-state index contributed by atoms with van der Waals surface area (Å²) in [7, 11) is 0. The molecule has 16 heteroatoms. The van der Waals surface area contributed by atoms with E-state index in [-0.39, 0.29) is 70.1 Å². The van der Waals surface area contributed by atoms with Gasteiger partial charge in [0.1, 0.15) is 12.2 Å². The minimum absolute atomic E-state index is 0.0156. The molecule has 63 heavy (non-hydrogen) atoms. The zero-order valence-electron chi connectivity index (χ0n) is 36.9. The average molecular weight is 892 g/mol. The lowest BCUT2D eigenvalue weighted by Gasteiger charge is -2.43. The van der Waals surface area contributed by atoms with Crippen molar-refractivity contribution in [1.82, 2.24) is 0 Å². The zero-order chi connectivity index (χ0) is 46.7. The van der Waals surface area contributed by atoms with E-state index < -0.39 is 109 Å². The molecule has 356 valence electrons. The Labute approximate surface area is 371 Å². The first kappa shape index (κ1) is 54.0. The number of nitrogens with two attached hydrogens (primary N) is 1. The summed E-state index contributed by atoms with van der Waals surface area (Å²) in [6.07, 6.45) is 11.9. The van der Waals surface area contributed by atoms with Crippen molar-refractivity contribution in [2.75, 3.05) is 0 Å². The number of carboxylic acid groups (broad SMARTS) is 1. The molecule has 3 heterocycles. The first-order chi connectivity index (χ1) is 29.8. The van der Waals surface area contributed by atoms with Gasteiger partial charge in [0.25, 0.3) is 0 Å². The number of carboxylic acids is 1. The van der Waals surface area contributed by atoms with E-state index in [1.807, 2.05) is 55.5 Å². The molecule has 0 amide bonds. The maximum atomic E-state index is 12.6. The molecule has 3 aliphatic rings.